The third kappa shape index (κ3) is 4.32. The number of allylic oxidation sites excluding steroid dienone is 3. The number of anilines is 1. The average molecular weight is 442 g/mol. The fraction of sp³-hybridized carbons (Fsp3) is 0.391. The highest BCUT2D eigenvalue weighted by atomic mass is 19.1. The van der Waals surface area contributed by atoms with Gasteiger partial charge in [-0.2, -0.15) is 0 Å². The van der Waals surface area contributed by atoms with Crippen LogP contribution in [0.3, 0.4) is 0 Å². The zero-order valence-electron chi connectivity index (χ0n) is 18.1. The molecule has 2 aromatic rings. The van der Waals surface area contributed by atoms with Gasteiger partial charge in [0.1, 0.15) is 29.0 Å². The minimum atomic E-state index is -0.617. The molecular formula is C23H24F2N4O3. The van der Waals surface area contributed by atoms with E-state index in [4.69, 9.17) is 9.47 Å². The molecule has 0 aliphatic heterocycles. The number of carbonyl (C=O) groups is 1. The highest BCUT2D eigenvalue weighted by Gasteiger charge is 2.62. The van der Waals surface area contributed by atoms with Crippen molar-refractivity contribution in [1.29, 1.82) is 0 Å². The molecule has 4 rings (SSSR count). The van der Waals surface area contributed by atoms with Crippen LogP contribution in [0.4, 0.5) is 14.6 Å². The molecule has 0 bridgehead atoms. The third-order valence-corrected chi connectivity index (χ3v) is 6.07. The Morgan fingerprint density at radius 2 is 2.06 bits per heavy atom. The van der Waals surface area contributed by atoms with Gasteiger partial charge in [0, 0.05) is 17.8 Å². The summed E-state index contributed by atoms with van der Waals surface area (Å²) in [6.07, 6.45) is 6.73. The lowest BCUT2D eigenvalue weighted by molar-refractivity contribution is -0.118. The molecule has 2 aliphatic rings. The summed E-state index contributed by atoms with van der Waals surface area (Å²) in [5.41, 5.74) is 0.0749. The first-order valence-corrected chi connectivity index (χ1v) is 10.3. The number of halogens is 2. The maximum absolute atomic E-state index is 14.5. The molecule has 7 nitrogen and oxygen atoms in total. The monoisotopic (exact) mass is 442 g/mol. The number of hydrogen-bond acceptors (Lipinski definition) is 6. The van der Waals surface area contributed by atoms with E-state index in [1.54, 1.807) is 19.2 Å². The highest BCUT2D eigenvalue weighted by molar-refractivity contribution is 5.94. The predicted octanol–water partition coefficient (Wildman–Crippen LogP) is 4.05. The average Bonchev–Trinajstić information content (AvgIpc) is 3.51. The van der Waals surface area contributed by atoms with Crippen molar-refractivity contribution in [2.24, 2.45) is 17.3 Å². The molecule has 1 unspecified atom stereocenters. The smallest absolute Gasteiger partial charge is 0.229 e. The van der Waals surface area contributed by atoms with Gasteiger partial charge in [-0.1, -0.05) is 6.08 Å². The number of aromatic nitrogens is 3. The number of methoxy groups -OCH3 is 1. The Labute approximate surface area is 184 Å². The van der Waals surface area contributed by atoms with Crippen molar-refractivity contribution in [3.05, 3.63) is 65.6 Å². The molecule has 1 amide bonds. The van der Waals surface area contributed by atoms with Crippen molar-refractivity contribution in [2.75, 3.05) is 19.0 Å². The van der Waals surface area contributed by atoms with E-state index < -0.39 is 17.2 Å². The molecule has 0 aromatic carbocycles. The van der Waals surface area contributed by atoms with Gasteiger partial charge in [0.05, 0.1) is 31.8 Å². The summed E-state index contributed by atoms with van der Waals surface area (Å²) >= 11 is 0. The van der Waals surface area contributed by atoms with E-state index in [0.29, 0.717) is 23.7 Å². The van der Waals surface area contributed by atoms with Crippen LogP contribution < -0.4 is 10.1 Å². The lowest BCUT2D eigenvalue weighted by atomic mass is 9.81. The number of amides is 1. The van der Waals surface area contributed by atoms with E-state index in [0.717, 1.165) is 6.20 Å². The van der Waals surface area contributed by atoms with Gasteiger partial charge in [-0.25, -0.2) is 23.7 Å². The van der Waals surface area contributed by atoms with Crippen molar-refractivity contribution in [3.8, 4) is 5.75 Å². The Morgan fingerprint density at radius 1 is 1.25 bits per heavy atom. The lowest BCUT2D eigenvalue weighted by Crippen LogP contribution is -2.30. The van der Waals surface area contributed by atoms with Gasteiger partial charge in [0.25, 0.3) is 0 Å². The number of nitrogens with one attached hydrogen (secondary N) is 1. The normalized spacial score (nSPS) is 24.3. The van der Waals surface area contributed by atoms with Gasteiger partial charge >= 0.3 is 0 Å². The Kier molecular flexibility index (Phi) is 5.90. The van der Waals surface area contributed by atoms with E-state index in [1.165, 1.54) is 19.2 Å². The van der Waals surface area contributed by atoms with Crippen LogP contribution in [-0.4, -0.2) is 34.6 Å². The first-order chi connectivity index (χ1) is 15.3. The van der Waals surface area contributed by atoms with Gasteiger partial charge in [0.15, 0.2) is 5.75 Å². The van der Waals surface area contributed by atoms with Crippen molar-refractivity contribution in [1.82, 2.24) is 15.0 Å². The van der Waals surface area contributed by atoms with Gasteiger partial charge in [-0.05, 0) is 44.4 Å². The molecule has 1 N–H and O–H groups in total. The zero-order valence-corrected chi connectivity index (χ0v) is 18.1. The van der Waals surface area contributed by atoms with Gasteiger partial charge in [-0.15, -0.1) is 0 Å². The largest absolute Gasteiger partial charge is 0.494 e. The van der Waals surface area contributed by atoms with Crippen molar-refractivity contribution in [2.45, 2.75) is 26.7 Å². The molecule has 0 saturated heterocycles. The van der Waals surface area contributed by atoms with Crippen LogP contribution in [0.2, 0.25) is 0 Å². The maximum Gasteiger partial charge on any atom is 0.229 e. The minimum absolute atomic E-state index is 0.116. The van der Waals surface area contributed by atoms with Crippen LogP contribution >= 0.6 is 0 Å². The van der Waals surface area contributed by atoms with E-state index >= 15 is 0 Å². The second kappa shape index (κ2) is 8.64. The third-order valence-electron chi connectivity index (χ3n) is 6.07. The minimum Gasteiger partial charge on any atom is -0.494 e. The Balaban J connectivity index is 1.54. The van der Waals surface area contributed by atoms with E-state index in [2.05, 4.69) is 20.3 Å². The molecule has 9 heteroatoms. The van der Waals surface area contributed by atoms with E-state index in [-0.39, 0.29) is 42.3 Å². The first kappa shape index (κ1) is 21.9. The standard InChI is InChI=1S/C23H24F2N4O3/c1-13-20(11-26-14(2)28-13)32-12-23(15-4-6-19(31-3)18(25)8-15)9-17(23)22(30)29-21-7-5-16(24)10-27-21/h4-7,10-11,15,17H,8-9,12H2,1-3H3,(H,27,29,30)/t15?,17-,23+/m0/s1. The topological polar surface area (TPSA) is 86.2 Å². The second-order valence-corrected chi connectivity index (χ2v) is 8.14. The maximum atomic E-state index is 14.5. The molecule has 2 heterocycles. The summed E-state index contributed by atoms with van der Waals surface area (Å²) in [4.78, 5) is 25.3. The fourth-order valence-corrected chi connectivity index (χ4v) is 4.17. The molecule has 1 saturated carbocycles. The molecule has 2 aliphatic carbocycles. The van der Waals surface area contributed by atoms with Crippen LogP contribution in [0.25, 0.3) is 0 Å². The van der Waals surface area contributed by atoms with Crippen LogP contribution in [-0.2, 0) is 9.53 Å². The summed E-state index contributed by atoms with van der Waals surface area (Å²) in [6, 6.07) is 2.62. The fourth-order valence-electron chi connectivity index (χ4n) is 4.17. The van der Waals surface area contributed by atoms with Crippen molar-refractivity contribution >= 4 is 11.7 Å². The second-order valence-electron chi connectivity index (χ2n) is 8.14. The van der Waals surface area contributed by atoms with Crippen LogP contribution in [0.5, 0.6) is 5.75 Å². The first-order valence-electron chi connectivity index (χ1n) is 10.3. The highest BCUT2D eigenvalue weighted by Crippen LogP contribution is 2.61. The van der Waals surface area contributed by atoms with Crippen LogP contribution in [0.1, 0.15) is 24.4 Å². The van der Waals surface area contributed by atoms with Gasteiger partial charge in [-0.3, -0.25) is 4.79 Å². The Morgan fingerprint density at radius 3 is 2.72 bits per heavy atom. The molecule has 1 fully saturated rings. The molecular weight excluding hydrogens is 418 g/mol. The molecule has 2 aromatic heterocycles. The Hall–Kier alpha value is -3.36. The Bertz CT molecular complexity index is 1090. The van der Waals surface area contributed by atoms with Crippen LogP contribution in [0, 0.1) is 36.9 Å². The van der Waals surface area contributed by atoms with Gasteiger partial charge in [0.2, 0.25) is 5.91 Å². The van der Waals surface area contributed by atoms with E-state index in [9.17, 15) is 13.6 Å². The molecule has 32 heavy (non-hydrogen) atoms. The van der Waals surface area contributed by atoms with Crippen molar-refractivity contribution < 1.29 is 23.0 Å². The predicted molar refractivity (Wildman–Crippen MR) is 113 cm³/mol. The lowest BCUT2D eigenvalue weighted by Gasteiger charge is -2.28. The molecule has 3 atom stereocenters. The number of carbonyl (C=O) groups excluding carboxylic acids is 1. The van der Waals surface area contributed by atoms with Gasteiger partial charge < -0.3 is 14.8 Å². The number of aryl methyl sites for hydroxylation is 2. The summed E-state index contributed by atoms with van der Waals surface area (Å²) in [7, 11) is 1.42. The van der Waals surface area contributed by atoms with Crippen molar-refractivity contribution in [3.63, 3.8) is 0 Å². The molecule has 168 valence electrons. The van der Waals surface area contributed by atoms with Crippen LogP contribution in [0.15, 0.2) is 48.3 Å². The molecule has 0 radical (unpaired) electrons. The number of nitrogens with zero attached hydrogens (tertiary/aromatic N) is 3. The SMILES string of the molecule is COC1=C(F)CC([C@]2(COc3cnc(C)nc3C)C[C@H]2C(=O)Nc2ccc(F)cn2)C=C1. The van der Waals surface area contributed by atoms with E-state index in [1.807, 2.05) is 13.0 Å². The summed E-state index contributed by atoms with van der Waals surface area (Å²) in [5.74, 6) is -0.191. The number of pyridine rings is 1. The quantitative estimate of drug-likeness (QED) is 0.696. The number of rotatable bonds is 7. The zero-order chi connectivity index (χ0) is 22.9. The summed E-state index contributed by atoms with van der Waals surface area (Å²) in [6.45, 7) is 3.81. The number of ether oxygens (including phenoxy) is 2. The summed E-state index contributed by atoms with van der Waals surface area (Å²) < 4.78 is 38.7. The molecule has 0 spiro atoms. The number of hydrogen-bond donors (Lipinski definition) is 1. The summed E-state index contributed by atoms with van der Waals surface area (Å²) in [5, 5.41) is 2.72.